The molecule has 1 N–H and O–H groups in total. The number of anilines is 2. The number of ether oxygens (including phenoxy) is 8. The standard InChI is InChI=1S/C28H43NO8/c1-30-15-27(16-31-2,17-32-3)21-36-25-11-7-9-23(13-25)29-24-10-8-12-26(14-24)37-22-28(18-33-4,19-34-5)20-35-6/h7-14,29H,15-22H2,1-6H3. The summed E-state index contributed by atoms with van der Waals surface area (Å²) in [6.45, 7) is 3.53. The average Bonchev–Trinajstić information content (AvgIpc) is 2.88. The van der Waals surface area contributed by atoms with Gasteiger partial charge in [-0.3, -0.25) is 0 Å². The Hall–Kier alpha value is -2.40. The Morgan fingerprint density at radius 2 is 0.811 bits per heavy atom. The van der Waals surface area contributed by atoms with Crippen LogP contribution in [0, 0.1) is 10.8 Å². The van der Waals surface area contributed by atoms with Gasteiger partial charge in [0.1, 0.15) is 24.7 Å². The summed E-state index contributed by atoms with van der Waals surface area (Å²) in [5, 5.41) is 3.42. The van der Waals surface area contributed by atoms with E-state index in [2.05, 4.69) is 5.32 Å². The van der Waals surface area contributed by atoms with Crippen LogP contribution in [0.3, 0.4) is 0 Å². The van der Waals surface area contributed by atoms with Gasteiger partial charge in [-0.25, -0.2) is 0 Å². The molecule has 0 aliphatic heterocycles. The van der Waals surface area contributed by atoms with Gasteiger partial charge in [-0.15, -0.1) is 0 Å². The Morgan fingerprint density at radius 3 is 1.11 bits per heavy atom. The van der Waals surface area contributed by atoms with E-state index >= 15 is 0 Å². The first-order valence-corrected chi connectivity index (χ1v) is 12.1. The lowest BCUT2D eigenvalue weighted by atomic mass is 9.92. The molecule has 0 fully saturated rings. The summed E-state index contributed by atoms with van der Waals surface area (Å²) in [5.41, 5.74) is 0.963. The molecule has 37 heavy (non-hydrogen) atoms. The third-order valence-electron chi connectivity index (χ3n) is 5.75. The molecule has 2 aromatic carbocycles. The van der Waals surface area contributed by atoms with Gasteiger partial charge in [0.05, 0.1) is 50.5 Å². The van der Waals surface area contributed by atoms with Crippen molar-refractivity contribution >= 4 is 11.4 Å². The normalized spacial score (nSPS) is 11.9. The predicted octanol–water partition coefficient (Wildman–Crippen LogP) is 4.04. The second-order valence-corrected chi connectivity index (χ2v) is 9.36. The van der Waals surface area contributed by atoms with Gasteiger partial charge in [0, 0.05) is 66.2 Å². The third kappa shape index (κ3) is 10.1. The van der Waals surface area contributed by atoms with Gasteiger partial charge in [0.2, 0.25) is 0 Å². The summed E-state index contributed by atoms with van der Waals surface area (Å²) in [7, 11) is 9.97. The zero-order valence-electron chi connectivity index (χ0n) is 23.0. The zero-order valence-corrected chi connectivity index (χ0v) is 23.0. The second-order valence-electron chi connectivity index (χ2n) is 9.36. The van der Waals surface area contributed by atoms with Crippen LogP contribution in [-0.2, 0) is 28.4 Å². The highest BCUT2D eigenvalue weighted by Crippen LogP contribution is 2.28. The van der Waals surface area contributed by atoms with Crippen molar-refractivity contribution in [1.82, 2.24) is 0 Å². The summed E-state index contributed by atoms with van der Waals surface area (Å²) in [6, 6.07) is 15.6. The van der Waals surface area contributed by atoms with Crippen molar-refractivity contribution in [3.8, 4) is 11.5 Å². The smallest absolute Gasteiger partial charge is 0.121 e. The van der Waals surface area contributed by atoms with E-state index in [9.17, 15) is 0 Å². The number of methoxy groups -OCH3 is 6. The molecule has 2 rings (SSSR count). The lowest BCUT2D eigenvalue weighted by Crippen LogP contribution is -2.41. The molecule has 0 spiro atoms. The number of nitrogens with one attached hydrogen (secondary N) is 1. The van der Waals surface area contributed by atoms with Gasteiger partial charge >= 0.3 is 0 Å². The first-order valence-electron chi connectivity index (χ1n) is 12.1. The average molecular weight is 522 g/mol. The topological polar surface area (TPSA) is 85.9 Å². The quantitative estimate of drug-likeness (QED) is 0.277. The van der Waals surface area contributed by atoms with Crippen LogP contribution in [0.5, 0.6) is 11.5 Å². The lowest BCUT2D eigenvalue weighted by molar-refractivity contribution is -0.0615. The van der Waals surface area contributed by atoms with E-state index in [1.807, 2.05) is 48.5 Å². The molecular weight excluding hydrogens is 478 g/mol. The summed E-state index contributed by atoms with van der Waals surface area (Å²) in [4.78, 5) is 0. The highest BCUT2D eigenvalue weighted by atomic mass is 16.5. The molecule has 2 aromatic rings. The molecule has 0 unspecified atom stereocenters. The fourth-order valence-electron chi connectivity index (χ4n) is 4.30. The van der Waals surface area contributed by atoms with Gasteiger partial charge in [-0.2, -0.15) is 0 Å². The minimum absolute atomic E-state index is 0.390. The molecule has 0 bridgehead atoms. The van der Waals surface area contributed by atoms with Crippen LogP contribution in [0.15, 0.2) is 48.5 Å². The summed E-state index contributed by atoms with van der Waals surface area (Å²) in [6.07, 6.45) is 0. The minimum atomic E-state index is -0.406. The van der Waals surface area contributed by atoms with Crippen molar-refractivity contribution in [2.75, 3.05) is 101 Å². The van der Waals surface area contributed by atoms with E-state index in [1.54, 1.807) is 42.7 Å². The number of hydrogen-bond acceptors (Lipinski definition) is 9. The molecule has 0 aliphatic rings. The molecular formula is C28H43NO8. The molecule has 0 aliphatic carbocycles. The van der Waals surface area contributed by atoms with E-state index in [0.717, 1.165) is 22.9 Å². The maximum atomic E-state index is 6.14. The van der Waals surface area contributed by atoms with Crippen LogP contribution in [0.4, 0.5) is 11.4 Å². The maximum absolute atomic E-state index is 6.14. The second kappa shape index (κ2) is 16.4. The highest BCUT2D eigenvalue weighted by Gasteiger charge is 2.33. The van der Waals surface area contributed by atoms with Crippen LogP contribution in [0.2, 0.25) is 0 Å². The highest BCUT2D eigenvalue weighted by molar-refractivity contribution is 5.62. The van der Waals surface area contributed by atoms with Crippen LogP contribution < -0.4 is 14.8 Å². The van der Waals surface area contributed by atoms with E-state index in [1.165, 1.54) is 0 Å². The van der Waals surface area contributed by atoms with Gasteiger partial charge in [-0.1, -0.05) is 12.1 Å². The van der Waals surface area contributed by atoms with Crippen molar-refractivity contribution in [3.05, 3.63) is 48.5 Å². The Kier molecular flexibility index (Phi) is 13.7. The Balaban J connectivity index is 2.07. The van der Waals surface area contributed by atoms with Crippen molar-refractivity contribution in [2.45, 2.75) is 0 Å². The van der Waals surface area contributed by atoms with E-state index in [0.29, 0.717) is 52.9 Å². The number of rotatable bonds is 20. The lowest BCUT2D eigenvalue weighted by Gasteiger charge is -2.31. The van der Waals surface area contributed by atoms with E-state index in [-0.39, 0.29) is 0 Å². The van der Waals surface area contributed by atoms with Gasteiger partial charge < -0.3 is 43.2 Å². The first kappa shape index (κ1) is 30.8. The maximum Gasteiger partial charge on any atom is 0.121 e. The largest absolute Gasteiger partial charge is 0.493 e. The van der Waals surface area contributed by atoms with Crippen molar-refractivity contribution in [3.63, 3.8) is 0 Å². The van der Waals surface area contributed by atoms with Crippen LogP contribution in [0.25, 0.3) is 0 Å². The van der Waals surface area contributed by atoms with Crippen LogP contribution in [-0.4, -0.2) is 95.5 Å². The fraction of sp³-hybridized carbons (Fsp3) is 0.571. The van der Waals surface area contributed by atoms with Crippen molar-refractivity contribution in [1.29, 1.82) is 0 Å². The van der Waals surface area contributed by atoms with E-state index < -0.39 is 10.8 Å². The Bertz CT molecular complexity index is 788. The first-order chi connectivity index (χ1) is 18.0. The van der Waals surface area contributed by atoms with Gasteiger partial charge in [-0.05, 0) is 24.3 Å². The minimum Gasteiger partial charge on any atom is -0.493 e. The molecule has 9 nitrogen and oxygen atoms in total. The molecule has 0 saturated carbocycles. The van der Waals surface area contributed by atoms with Gasteiger partial charge in [0.25, 0.3) is 0 Å². The van der Waals surface area contributed by atoms with Crippen molar-refractivity contribution in [2.24, 2.45) is 10.8 Å². The molecule has 0 aromatic heterocycles. The Morgan fingerprint density at radius 1 is 0.486 bits per heavy atom. The molecule has 0 amide bonds. The van der Waals surface area contributed by atoms with Crippen LogP contribution in [0.1, 0.15) is 0 Å². The van der Waals surface area contributed by atoms with Gasteiger partial charge in [0.15, 0.2) is 0 Å². The third-order valence-corrected chi connectivity index (χ3v) is 5.75. The fourth-order valence-corrected chi connectivity index (χ4v) is 4.30. The van der Waals surface area contributed by atoms with Crippen molar-refractivity contribution < 1.29 is 37.9 Å². The van der Waals surface area contributed by atoms with E-state index in [4.69, 9.17) is 37.9 Å². The van der Waals surface area contributed by atoms with Crippen LogP contribution >= 0.6 is 0 Å². The molecule has 0 radical (unpaired) electrons. The summed E-state index contributed by atoms with van der Waals surface area (Å²) >= 11 is 0. The number of hydrogen-bond donors (Lipinski definition) is 1. The Labute approximate surface area is 221 Å². The predicted molar refractivity (Wildman–Crippen MR) is 143 cm³/mol. The number of benzene rings is 2. The summed E-state index contributed by atoms with van der Waals surface area (Å²) in [5.74, 6) is 1.46. The molecule has 208 valence electrons. The molecule has 0 saturated heterocycles. The molecule has 0 heterocycles. The molecule has 0 atom stereocenters. The summed E-state index contributed by atoms with van der Waals surface area (Å²) < 4.78 is 44.7. The monoisotopic (exact) mass is 521 g/mol. The molecule has 9 heteroatoms. The SMILES string of the molecule is COCC(COC)(COC)COc1cccc(Nc2cccc(OCC(COC)(COC)COC)c2)c1. The zero-order chi connectivity index (χ0) is 27.0.